The summed E-state index contributed by atoms with van der Waals surface area (Å²) in [7, 11) is -4.07. The molecule has 0 aromatic heterocycles. The molecule has 0 aliphatic carbocycles. The Morgan fingerprint density at radius 3 is 2.56 bits per heavy atom. The van der Waals surface area contributed by atoms with Gasteiger partial charge in [-0.15, -0.1) is 0 Å². The first kappa shape index (κ1) is 13.7. The molecule has 0 saturated carbocycles. The minimum Gasteiger partial charge on any atom is -0.329 e. The van der Waals surface area contributed by atoms with Crippen LogP contribution < -0.4 is 10.5 Å². The zero-order chi connectivity index (χ0) is 12.4. The summed E-state index contributed by atoms with van der Waals surface area (Å²) in [5.41, 5.74) is 5.35. The van der Waals surface area contributed by atoms with Gasteiger partial charge in [0.05, 0.1) is 0 Å². The molecule has 16 heavy (non-hydrogen) atoms. The molecule has 1 atom stereocenters. The van der Waals surface area contributed by atoms with E-state index in [9.17, 15) is 21.6 Å². The lowest BCUT2D eigenvalue weighted by Gasteiger charge is -2.23. The van der Waals surface area contributed by atoms with Crippen molar-refractivity contribution in [3.8, 4) is 0 Å². The van der Waals surface area contributed by atoms with Crippen LogP contribution in [-0.4, -0.2) is 44.6 Å². The Balaban J connectivity index is 2.63. The van der Waals surface area contributed by atoms with E-state index in [0.717, 1.165) is 4.31 Å². The molecule has 1 saturated heterocycles. The predicted molar refractivity (Wildman–Crippen MR) is 51.8 cm³/mol. The molecule has 3 N–H and O–H groups in total. The Bertz CT molecular complexity index is 330. The SMILES string of the molecule is NCC1CCCN1S(=O)(=O)NCC(F)(F)F. The molecule has 0 radical (unpaired) electrons. The minimum absolute atomic E-state index is 0.118. The molecule has 1 unspecified atom stereocenters. The van der Waals surface area contributed by atoms with Crippen LogP contribution in [0.2, 0.25) is 0 Å². The van der Waals surface area contributed by atoms with Crippen molar-refractivity contribution >= 4 is 10.2 Å². The summed E-state index contributed by atoms with van der Waals surface area (Å²) in [6, 6.07) is -0.397. The maximum absolute atomic E-state index is 11.9. The number of rotatable bonds is 4. The predicted octanol–water partition coefficient (Wildman–Crippen LogP) is -0.194. The van der Waals surface area contributed by atoms with Crippen molar-refractivity contribution in [1.29, 1.82) is 0 Å². The van der Waals surface area contributed by atoms with E-state index in [2.05, 4.69) is 0 Å². The third-order valence-electron chi connectivity index (χ3n) is 2.36. The molecule has 0 bridgehead atoms. The van der Waals surface area contributed by atoms with Crippen molar-refractivity contribution < 1.29 is 21.6 Å². The van der Waals surface area contributed by atoms with Crippen molar-refractivity contribution in [2.75, 3.05) is 19.6 Å². The number of nitrogens with two attached hydrogens (primary N) is 1. The van der Waals surface area contributed by atoms with Crippen LogP contribution in [-0.2, 0) is 10.2 Å². The van der Waals surface area contributed by atoms with E-state index in [1.54, 1.807) is 0 Å². The normalized spacial score (nSPS) is 23.9. The van der Waals surface area contributed by atoms with E-state index in [1.165, 1.54) is 4.72 Å². The third-order valence-corrected chi connectivity index (χ3v) is 3.97. The lowest BCUT2D eigenvalue weighted by Crippen LogP contribution is -2.48. The van der Waals surface area contributed by atoms with Gasteiger partial charge in [-0.25, -0.2) is 0 Å². The largest absolute Gasteiger partial charge is 0.402 e. The van der Waals surface area contributed by atoms with E-state index in [0.29, 0.717) is 12.8 Å². The highest BCUT2D eigenvalue weighted by molar-refractivity contribution is 7.87. The quantitative estimate of drug-likeness (QED) is 0.736. The molecule has 1 heterocycles. The van der Waals surface area contributed by atoms with Gasteiger partial charge in [0.25, 0.3) is 10.2 Å². The zero-order valence-corrected chi connectivity index (χ0v) is 9.31. The van der Waals surface area contributed by atoms with E-state index >= 15 is 0 Å². The van der Waals surface area contributed by atoms with Crippen LogP contribution in [0.15, 0.2) is 0 Å². The first-order valence-electron chi connectivity index (χ1n) is 4.79. The van der Waals surface area contributed by atoms with Gasteiger partial charge in [-0.1, -0.05) is 0 Å². The monoisotopic (exact) mass is 261 g/mol. The summed E-state index contributed by atoms with van der Waals surface area (Å²) in [5, 5.41) is 0. The molecule has 0 amide bonds. The van der Waals surface area contributed by atoms with Gasteiger partial charge in [0.1, 0.15) is 6.54 Å². The Kier molecular flexibility index (Phi) is 4.16. The molecular formula is C7H14F3N3O2S. The molecular weight excluding hydrogens is 247 g/mol. The molecule has 0 aromatic rings. The summed E-state index contributed by atoms with van der Waals surface area (Å²) < 4.78 is 61.2. The molecule has 9 heteroatoms. The van der Waals surface area contributed by atoms with Gasteiger partial charge in [-0.3, -0.25) is 0 Å². The molecule has 1 rings (SSSR count). The third kappa shape index (κ3) is 3.58. The Hall–Kier alpha value is -0.380. The highest BCUT2D eigenvalue weighted by atomic mass is 32.2. The van der Waals surface area contributed by atoms with Crippen LogP contribution in [0.25, 0.3) is 0 Å². The number of alkyl halides is 3. The smallest absolute Gasteiger partial charge is 0.329 e. The van der Waals surface area contributed by atoms with Crippen molar-refractivity contribution in [2.24, 2.45) is 5.73 Å². The fraction of sp³-hybridized carbons (Fsp3) is 1.00. The van der Waals surface area contributed by atoms with Crippen LogP contribution in [0.3, 0.4) is 0 Å². The molecule has 1 fully saturated rings. The van der Waals surface area contributed by atoms with Crippen molar-refractivity contribution in [2.45, 2.75) is 25.1 Å². The van der Waals surface area contributed by atoms with Gasteiger partial charge in [0.15, 0.2) is 0 Å². The molecule has 0 aromatic carbocycles. The Morgan fingerprint density at radius 1 is 1.44 bits per heavy atom. The maximum Gasteiger partial charge on any atom is 0.402 e. The first-order valence-corrected chi connectivity index (χ1v) is 6.23. The highest BCUT2D eigenvalue weighted by Gasteiger charge is 2.36. The molecule has 96 valence electrons. The maximum atomic E-state index is 11.9. The van der Waals surface area contributed by atoms with Gasteiger partial charge >= 0.3 is 6.18 Å². The van der Waals surface area contributed by atoms with Crippen molar-refractivity contribution in [3.05, 3.63) is 0 Å². The Morgan fingerprint density at radius 2 is 2.06 bits per heavy atom. The van der Waals surface area contributed by atoms with Gasteiger partial charge in [0.2, 0.25) is 0 Å². The topological polar surface area (TPSA) is 75.4 Å². The molecule has 1 aliphatic heterocycles. The van der Waals surface area contributed by atoms with Crippen LogP contribution >= 0.6 is 0 Å². The summed E-state index contributed by atoms with van der Waals surface area (Å²) in [6.07, 6.45) is -3.34. The molecule has 1 aliphatic rings. The summed E-state index contributed by atoms with van der Waals surface area (Å²) in [4.78, 5) is 0. The fourth-order valence-electron chi connectivity index (χ4n) is 1.62. The van der Waals surface area contributed by atoms with Gasteiger partial charge < -0.3 is 5.73 Å². The number of nitrogens with zero attached hydrogens (tertiary/aromatic N) is 1. The van der Waals surface area contributed by atoms with E-state index in [1.807, 2.05) is 0 Å². The van der Waals surface area contributed by atoms with Gasteiger partial charge in [0, 0.05) is 19.1 Å². The van der Waals surface area contributed by atoms with Crippen molar-refractivity contribution in [1.82, 2.24) is 9.03 Å². The molecule has 0 spiro atoms. The standard InChI is InChI=1S/C7H14F3N3O2S/c8-7(9,10)5-12-16(14,15)13-3-1-2-6(13)4-11/h6,12H,1-5,11H2. The number of hydrogen-bond donors (Lipinski definition) is 2. The second kappa shape index (κ2) is 4.86. The lowest BCUT2D eigenvalue weighted by molar-refractivity contribution is -0.121. The first-order chi connectivity index (χ1) is 7.26. The minimum atomic E-state index is -4.55. The highest BCUT2D eigenvalue weighted by Crippen LogP contribution is 2.20. The van der Waals surface area contributed by atoms with Crippen LogP contribution in [0.1, 0.15) is 12.8 Å². The number of nitrogens with one attached hydrogen (secondary N) is 1. The van der Waals surface area contributed by atoms with Crippen LogP contribution in [0.5, 0.6) is 0 Å². The second-order valence-corrected chi connectivity index (χ2v) is 5.29. The number of halogens is 3. The molecule has 5 nitrogen and oxygen atoms in total. The van der Waals surface area contributed by atoms with Gasteiger partial charge in [-0.05, 0) is 12.8 Å². The zero-order valence-electron chi connectivity index (χ0n) is 8.50. The van der Waals surface area contributed by atoms with Crippen molar-refractivity contribution in [3.63, 3.8) is 0 Å². The van der Waals surface area contributed by atoms with Crippen LogP contribution in [0.4, 0.5) is 13.2 Å². The number of hydrogen-bond acceptors (Lipinski definition) is 3. The summed E-state index contributed by atoms with van der Waals surface area (Å²) in [5.74, 6) is 0. The summed E-state index contributed by atoms with van der Waals surface area (Å²) >= 11 is 0. The fourth-order valence-corrected chi connectivity index (χ4v) is 3.08. The van der Waals surface area contributed by atoms with E-state index in [4.69, 9.17) is 5.73 Å². The van der Waals surface area contributed by atoms with Crippen LogP contribution in [0, 0.1) is 0 Å². The average Bonchev–Trinajstić information content (AvgIpc) is 2.62. The Labute approximate surface area is 92.0 Å². The van der Waals surface area contributed by atoms with E-state index < -0.39 is 29.0 Å². The summed E-state index contributed by atoms with van der Waals surface area (Å²) in [6.45, 7) is -1.22. The van der Waals surface area contributed by atoms with E-state index in [-0.39, 0.29) is 13.1 Å². The second-order valence-electron chi connectivity index (χ2n) is 3.58. The van der Waals surface area contributed by atoms with Gasteiger partial charge in [-0.2, -0.15) is 30.6 Å². The lowest BCUT2D eigenvalue weighted by atomic mass is 10.2. The average molecular weight is 261 g/mol.